The van der Waals surface area contributed by atoms with E-state index in [-0.39, 0.29) is 0 Å². The molecule has 2 heterocycles. The van der Waals surface area contributed by atoms with Gasteiger partial charge in [0.15, 0.2) is 0 Å². The third-order valence-corrected chi connectivity index (χ3v) is 4.13. The number of nitrogens with one attached hydrogen (secondary N) is 1. The highest BCUT2D eigenvalue weighted by molar-refractivity contribution is 5.59. The lowest BCUT2D eigenvalue weighted by molar-refractivity contribution is 0.422. The van der Waals surface area contributed by atoms with Crippen molar-refractivity contribution in [3.8, 4) is 0 Å². The first kappa shape index (κ1) is 14.1. The van der Waals surface area contributed by atoms with Gasteiger partial charge in [0, 0.05) is 25.7 Å². The largest absolute Gasteiger partial charge is 0.373 e. The summed E-state index contributed by atoms with van der Waals surface area (Å²) in [5.41, 5.74) is 1.27. The summed E-state index contributed by atoms with van der Waals surface area (Å²) in [6, 6.07) is 0. The smallest absolute Gasteiger partial charge is 0.137 e. The van der Waals surface area contributed by atoms with Crippen molar-refractivity contribution in [2.75, 3.05) is 30.4 Å². The first-order valence-corrected chi connectivity index (χ1v) is 7.43. The average Bonchev–Trinajstić information content (AvgIpc) is 2.89. The summed E-state index contributed by atoms with van der Waals surface area (Å²) in [5, 5.41) is 3.20. The summed E-state index contributed by atoms with van der Waals surface area (Å²) in [4.78, 5) is 11.4. The topological polar surface area (TPSA) is 41.1 Å². The van der Waals surface area contributed by atoms with Crippen molar-refractivity contribution in [1.82, 2.24) is 9.97 Å². The predicted molar refractivity (Wildman–Crippen MR) is 80.7 cm³/mol. The van der Waals surface area contributed by atoms with E-state index in [4.69, 9.17) is 0 Å². The number of nitrogens with zero attached hydrogens (tertiary/aromatic N) is 3. The van der Waals surface area contributed by atoms with Crippen molar-refractivity contribution in [2.45, 2.75) is 40.0 Å². The fourth-order valence-corrected chi connectivity index (χ4v) is 2.90. The molecule has 0 radical (unpaired) electrons. The van der Waals surface area contributed by atoms with Gasteiger partial charge < -0.3 is 10.2 Å². The van der Waals surface area contributed by atoms with Gasteiger partial charge in [0.05, 0.1) is 0 Å². The molecule has 19 heavy (non-hydrogen) atoms. The third-order valence-electron chi connectivity index (χ3n) is 4.13. The summed E-state index contributed by atoms with van der Waals surface area (Å²) < 4.78 is 0. The van der Waals surface area contributed by atoms with Crippen molar-refractivity contribution < 1.29 is 0 Å². The molecule has 1 aromatic rings. The lowest BCUT2D eigenvalue weighted by Gasteiger charge is -2.22. The van der Waals surface area contributed by atoms with Gasteiger partial charge in [-0.1, -0.05) is 27.2 Å². The molecule has 0 bridgehead atoms. The Labute approximate surface area is 116 Å². The molecule has 0 spiro atoms. The summed E-state index contributed by atoms with van der Waals surface area (Å²) >= 11 is 0. The molecule has 4 nitrogen and oxygen atoms in total. The summed E-state index contributed by atoms with van der Waals surface area (Å²) in [6.45, 7) is 9.10. The minimum absolute atomic E-state index is 0.755. The normalized spacial score (nSPS) is 19.2. The van der Waals surface area contributed by atoms with Crippen LogP contribution in [0.3, 0.4) is 0 Å². The van der Waals surface area contributed by atoms with E-state index in [9.17, 15) is 0 Å². The van der Waals surface area contributed by atoms with Crippen LogP contribution in [0.1, 0.15) is 39.2 Å². The van der Waals surface area contributed by atoms with Crippen molar-refractivity contribution in [1.29, 1.82) is 0 Å². The molecule has 1 N–H and O–H groups in total. The highest BCUT2D eigenvalue weighted by atomic mass is 15.2. The van der Waals surface area contributed by atoms with Crippen LogP contribution in [0, 0.1) is 11.8 Å². The minimum atomic E-state index is 0.755. The number of hydrogen-bond donors (Lipinski definition) is 1. The molecule has 1 unspecified atom stereocenters. The van der Waals surface area contributed by atoms with Crippen molar-refractivity contribution >= 4 is 11.6 Å². The van der Waals surface area contributed by atoms with Crippen molar-refractivity contribution in [3.63, 3.8) is 0 Å². The molecule has 0 amide bonds. The van der Waals surface area contributed by atoms with E-state index in [1.165, 1.54) is 12.0 Å². The molecule has 106 valence electrons. The highest BCUT2D eigenvalue weighted by Gasteiger charge is 2.27. The Balaban J connectivity index is 2.24. The van der Waals surface area contributed by atoms with Gasteiger partial charge in [0.2, 0.25) is 0 Å². The molecule has 1 aliphatic rings. The molecular formula is C15H26N4. The van der Waals surface area contributed by atoms with Crippen LogP contribution < -0.4 is 10.2 Å². The second-order valence-electron chi connectivity index (χ2n) is 5.76. The maximum atomic E-state index is 4.56. The fourth-order valence-electron chi connectivity index (χ4n) is 2.90. The molecule has 4 heteroatoms. The molecule has 1 saturated heterocycles. The van der Waals surface area contributed by atoms with E-state index in [1.807, 2.05) is 7.05 Å². The zero-order valence-corrected chi connectivity index (χ0v) is 12.6. The molecule has 1 fully saturated rings. The van der Waals surface area contributed by atoms with Crippen LogP contribution in [-0.2, 0) is 6.42 Å². The van der Waals surface area contributed by atoms with Crippen LogP contribution in [0.15, 0.2) is 6.33 Å². The van der Waals surface area contributed by atoms with Crippen LogP contribution in [0.2, 0.25) is 0 Å². The molecule has 0 saturated carbocycles. The van der Waals surface area contributed by atoms with Crippen LogP contribution >= 0.6 is 0 Å². The Morgan fingerprint density at radius 1 is 1.42 bits per heavy atom. The SMILES string of the molecule is CCCc1c(NC)ncnc1N1CCC(C(C)C)C1. The van der Waals surface area contributed by atoms with Crippen LogP contribution in [0.25, 0.3) is 0 Å². The Morgan fingerprint density at radius 2 is 2.21 bits per heavy atom. The lowest BCUT2D eigenvalue weighted by Crippen LogP contribution is -2.24. The monoisotopic (exact) mass is 262 g/mol. The standard InChI is InChI=1S/C15H26N4/c1-5-6-13-14(16-4)17-10-18-15(13)19-8-7-12(9-19)11(2)3/h10-12H,5-9H2,1-4H3,(H,16,17,18). The van der Waals surface area contributed by atoms with E-state index in [2.05, 4.69) is 41.0 Å². The van der Waals surface area contributed by atoms with E-state index in [1.54, 1.807) is 6.33 Å². The predicted octanol–water partition coefficient (Wildman–Crippen LogP) is 2.95. The van der Waals surface area contributed by atoms with E-state index in [0.717, 1.165) is 49.4 Å². The van der Waals surface area contributed by atoms with E-state index in [0.29, 0.717) is 0 Å². The summed E-state index contributed by atoms with van der Waals surface area (Å²) in [7, 11) is 1.94. The molecule has 0 aromatic carbocycles. The molecule has 1 aromatic heterocycles. The molecule has 0 aliphatic carbocycles. The zero-order chi connectivity index (χ0) is 13.8. The van der Waals surface area contributed by atoms with E-state index >= 15 is 0 Å². The van der Waals surface area contributed by atoms with Gasteiger partial charge in [-0.05, 0) is 24.7 Å². The van der Waals surface area contributed by atoms with Gasteiger partial charge in [0.1, 0.15) is 18.0 Å². The molecule has 2 rings (SSSR count). The first-order valence-electron chi connectivity index (χ1n) is 7.43. The second kappa shape index (κ2) is 6.22. The molecular weight excluding hydrogens is 236 g/mol. The number of anilines is 2. The Morgan fingerprint density at radius 3 is 2.79 bits per heavy atom. The van der Waals surface area contributed by atoms with Crippen molar-refractivity contribution in [2.24, 2.45) is 11.8 Å². The zero-order valence-electron chi connectivity index (χ0n) is 12.6. The van der Waals surface area contributed by atoms with Gasteiger partial charge in [-0.2, -0.15) is 0 Å². The van der Waals surface area contributed by atoms with Crippen molar-refractivity contribution in [3.05, 3.63) is 11.9 Å². The lowest BCUT2D eigenvalue weighted by atomic mass is 9.95. The maximum Gasteiger partial charge on any atom is 0.137 e. The number of aromatic nitrogens is 2. The fraction of sp³-hybridized carbons (Fsp3) is 0.733. The Hall–Kier alpha value is -1.32. The summed E-state index contributed by atoms with van der Waals surface area (Å²) in [6.07, 6.45) is 5.12. The molecule has 1 aliphatic heterocycles. The average molecular weight is 262 g/mol. The molecule has 1 atom stereocenters. The maximum absolute atomic E-state index is 4.56. The number of rotatable bonds is 5. The Bertz CT molecular complexity index is 417. The van der Waals surface area contributed by atoms with Gasteiger partial charge in [-0.3, -0.25) is 0 Å². The first-order chi connectivity index (χ1) is 9.17. The van der Waals surface area contributed by atoms with Crippen LogP contribution in [0.5, 0.6) is 0 Å². The highest BCUT2D eigenvalue weighted by Crippen LogP contribution is 2.31. The summed E-state index contributed by atoms with van der Waals surface area (Å²) in [5.74, 6) is 3.68. The van der Waals surface area contributed by atoms with Gasteiger partial charge in [-0.15, -0.1) is 0 Å². The Kier molecular flexibility index (Phi) is 4.61. The van der Waals surface area contributed by atoms with Crippen LogP contribution in [-0.4, -0.2) is 30.1 Å². The number of hydrogen-bond acceptors (Lipinski definition) is 4. The minimum Gasteiger partial charge on any atom is -0.373 e. The second-order valence-corrected chi connectivity index (χ2v) is 5.76. The van der Waals surface area contributed by atoms with Gasteiger partial charge >= 0.3 is 0 Å². The van der Waals surface area contributed by atoms with Gasteiger partial charge in [0.25, 0.3) is 0 Å². The van der Waals surface area contributed by atoms with Gasteiger partial charge in [-0.25, -0.2) is 9.97 Å². The quantitative estimate of drug-likeness (QED) is 0.886. The van der Waals surface area contributed by atoms with E-state index < -0.39 is 0 Å². The third kappa shape index (κ3) is 2.99. The van der Waals surface area contributed by atoms with Crippen LogP contribution in [0.4, 0.5) is 11.6 Å².